The van der Waals surface area contributed by atoms with Crippen molar-refractivity contribution >= 4 is 5.97 Å². The molecule has 8 heteroatoms. The molecule has 4 aromatic rings. The van der Waals surface area contributed by atoms with Crippen molar-refractivity contribution in [1.29, 1.82) is 0 Å². The van der Waals surface area contributed by atoms with Crippen LogP contribution in [-0.4, -0.2) is 26.3 Å². The third-order valence-electron chi connectivity index (χ3n) is 4.37. The molecule has 0 saturated carbocycles. The summed E-state index contributed by atoms with van der Waals surface area (Å²) in [6, 6.07) is 15.7. The summed E-state index contributed by atoms with van der Waals surface area (Å²) in [5, 5.41) is 10.6. The molecular weight excluding hydrogens is 375 g/mol. The molecule has 0 fully saturated rings. The first-order chi connectivity index (χ1) is 14.0. The van der Waals surface area contributed by atoms with Gasteiger partial charge in [0, 0.05) is 11.1 Å². The minimum atomic E-state index is -0.789. The Bertz CT molecular complexity index is 1150. The molecule has 0 radical (unpaired) electrons. The molecule has 0 bridgehead atoms. The van der Waals surface area contributed by atoms with Crippen molar-refractivity contribution in [2.45, 2.75) is 20.0 Å². The van der Waals surface area contributed by atoms with E-state index < -0.39 is 12.1 Å². The molecule has 0 saturated heterocycles. The molecule has 146 valence electrons. The number of carbonyl (C=O) groups is 1. The summed E-state index contributed by atoms with van der Waals surface area (Å²) in [6.45, 7) is 3.28. The Morgan fingerprint density at radius 1 is 1.14 bits per heavy atom. The summed E-state index contributed by atoms with van der Waals surface area (Å²) >= 11 is 0. The largest absolute Gasteiger partial charge is 0.448 e. The first-order valence-corrected chi connectivity index (χ1v) is 8.93. The first-order valence-electron chi connectivity index (χ1n) is 8.93. The highest BCUT2D eigenvalue weighted by molar-refractivity contribution is 5.88. The molecule has 0 spiro atoms. The monoisotopic (exact) mass is 392 g/mol. The highest BCUT2D eigenvalue weighted by Gasteiger charge is 2.22. The fourth-order valence-corrected chi connectivity index (χ4v) is 2.71. The molecule has 1 N–H and O–H groups in total. The van der Waals surface area contributed by atoms with Crippen LogP contribution < -0.4 is 0 Å². The highest BCUT2D eigenvalue weighted by atomic mass is 19.1. The highest BCUT2D eigenvalue weighted by Crippen LogP contribution is 2.23. The summed E-state index contributed by atoms with van der Waals surface area (Å²) in [6.07, 6.45) is -0.789. The van der Waals surface area contributed by atoms with Gasteiger partial charge >= 0.3 is 5.97 Å². The molecule has 2 aromatic heterocycles. The maximum Gasteiger partial charge on any atom is 0.357 e. The molecule has 7 nitrogen and oxygen atoms in total. The molecule has 0 aliphatic carbocycles. The Hall–Kier alpha value is -3.81. The van der Waals surface area contributed by atoms with Gasteiger partial charge in [-0.1, -0.05) is 47.6 Å². The molecule has 2 aromatic carbocycles. The van der Waals surface area contributed by atoms with Crippen molar-refractivity contribution in [1.82, 2.24) is 20.3 Å². The molecule has 4 rings (SSSR count). The van der Waals surface area contributed by atoms with Gasteiger partial charge in [-0.15, -0.1) is 0 Å². The number of aromatic nitrogens is 4. The zero-order valence-corrected chi connectivity index (χ0v) is 15.7. The number of hydrogen-bond donors (Lipinski definition) is 1. The van der Waals surface area contributed by atoms with Crippen LogP contribution in [0, 0.1) is 12.7 Å². The normalized spacial score (nSPS) is 12.0. The van der Waals surface area contributed by atoms with Crippen molar-refractivity contribution in [2.24, 2.45) is 0 Å². The number of nitrogens with one attached hydrogen (secondary N) is 1. The van der Waals surface area contributed by atoms with Crippen molar-refractivity contribution in [3.63, 3.8) is 0 Å². The number of H-pyrrole nitrogens is 1. The SMILES string of the molecule is Cc1ccc(-c2noc(C(C)OC(=O)c3cc(-c4ccccc4)n[nH]3)n2)cc1F. The van der Waals surface area contributed by atoms with Gasteiger partial charge in [-0.25, -0.2) is 9.18 Å². The average molecular weight is 392 g/mol. The zero-order valence-electron chi connectivity index (χ0n) is 15.7. The Labute approximate surface area is 165 Å². The first kappa shape index (κ1) is 18.5. The number of esters is 1. The molecular formula is C21H17FN4O3. The predicted octanol–water partition coefficient (Wildman–Crippen LogP) is 4.49. The zero-order chi connectivity index (χ0) is 20.4. The van der Waals surface area contributed by atoms with Crippen molar-refractivity contribution in [2.75, 3.05) is 0 Å². The summed E-state index contributed by atoms with van der Waals surface area (Å²) in [5.74, 6) is -0.637. The number of benzene rings is 2. The average Bonchev–Trinajstić information content (AvgIpc) is 3.41. The second-order valence-corrected chi connectivity index (χ2v) is 6.50. The van der Waals surface area contributed by atoms with Crippen LogP contribution in [0.5, 0.6) is 0 Å². The Kier molecular flexibility index (Phi) is 4.90. The van der Waals surface area contributed by atoms with E-state index in [-0.39, 0.29) is 23.2 Å². The van der Waals surface area contributed by atoms with Crippen LogP contribution in [0.3, 0.4) is 0 Å². The van der Waals surface area contributed by atoms with E-state index in [9.17, 15) is 9.18 Å². The maximum absolute atomic E-state index is 13.7. The Morgan fingerprint density at radius 3 is 2.69 bits per heavy atom. The lowest BCUT2D eigenvalue weighted by molar-refractivity contribution is 0.0258. The topological polar surface area (TPSA) is 93.9 Å². The van der Waals surface area contributed by atoms with Crippen LogP contribution in [0.1, 0.15) is 35.0 Å². The van der Waals surface area contributed by atoms with E-state index in [0.29, 0.717) is 16.8 Å². The number of hydrogen-bond acceptors (Lipinski definition) is 6. The number of ether oxygens (including phenoxy) is 1. The van der Waals surface area contributed by atoms with Gasteiger partial charge < -0.3 is 9.26 Å². The number of aryl methyl sites for hydroxylation is 1. The molecule has 0 aliphatic heterocycles. The fraction of sp³-hybridized carbons (Fsp3) is 0.143. The summed E-state index contributed by atoms with van der Waals surface area (Å²) in [4.78, 5) is 16.6. The number of halogens is 1. The lowest BCUT2D eigenvalue weighted by atomic mass is 10.1. The van der Waals surface area contributed by atoms with Gasteiger partial charge in [-0.2, -0.15) is 10.1 Å². The standard InChI is InChI=1S/C21H17FN4O3/c1-12-8-9-15(10-16(12)22)19-23-20(29-26-19)13(2)28-21(27)18-11-17(24-25-18)14-6-4-3-5-7-14/h3-11,13H,1-2H3,(H,24,25). The second-order valence-electron chi connectivity index (χ2n) is 6.50. The van der Waals surface area contributed by atoms with E-state index in [1.165, 1.54) is 6.07 Å². The molecule has 2 heterocycles. The number of aromatic amines is 1. The van der Waals surface area contributed by atoms with E-state index >= 15 is 0 Å². The van der Waals surface area contributed by atoms with Crippen LogP contribution in [0.4, 0.5) is 4.39 Å². The van der Waals surface area contributed by atoms with Crippen LogP contribution in [0.15, 0.2) is 59.1 Å². The van der Waals surface area contributed by atoms with Gasteiger partial charge in [0.2, 0.25) is 5.82 Å². The summed E-state index contributed by atoms with van der Waals surface area (Å²) in [7, 11) is 0. The van der Waals surface area contributed by atoms with Gasteiger partial charge in [0.1, 0.15) is 11.5 Å². The smallest absolute Gasteiger partial charge is 0.357 e. The molecule has 1 atom stereocenters. The van der Waals surface area contributed by atoms with E-state index in [1.807, 2.05) is 30.3 Å². The van der Waals surface area contributed by atoms with E-state index in [0.717, 1.165) is 5.56 Å². The fourth-order valence-electron chi connectivity index (χ4n) is 2.71. The van der Waals surface area contributed by atoms with Gasteiger partial charge in [-0.3, -0.25) is 5.10 Å². The second kappa shape index (κ2) is 7.67. The Balaban J connectivity index is 1.46. The summed E-state index contributed by atoms with van der Waals surface area (Å²) < 4.78 is 24.3. The molecule has 0 amide bonds. The molecule has 0 aliphatic rings. The van der Waals surface area contributed by atoms with Crippen LogP contribution in [0.2, 0.25) is 0 Å². The predicted molar refractivity (Wildman–Crippen MR) is 102 cm³/mol. The third-order valence-corrected chi connectivity index (χ3v) is 4.37. The van der Waals surface area contributed by atoms with Gasteiger partial charge in [0.05, 0.1) is 5.69 Å². The lowest BCUT2D eigenvalue weighted by Gasteiger charge is -2.07. The molecule has 29 heavy (non-hydrogen) atoms. The number of rotatable bonds is 5. The van der Waals surface area contributed by atoms with Gasteiger partial charge in [0.15, 0.2) is 6.10 Å². The number of nitrogens with zero attached hydrogens (tertiary/aromatic N) is 3. The summed E-state index contributed by atoms with van der Waals surface area (Å²) in [5.41, 5.74) is 2.71. The van der Waals surface area contributed by atoms with Crippen molar-refractivity contribution < 1.29 is 18.4 Å². The Morgan fingerprint density at radius 2 is 1.93 bits per heavy atom. The maximum atomic E-state index is 13.7. The minimum Gasteiger partial charge on any atom is -0.448 e. The van der Waals surface area contributed by atoms with Crippen molar-refractivity contribution in [3.8, 4) is 22.6 Å². The van der Waals surface area contributed by atoms with Crippen LogP contribution >= 0.6 is 0 Å². The van der Waals surface area contributed by atoms with Crippen molar-refractivity contribution in [3.05, 3.63) is 77.6 Å². The van der Waals surface area contributed by atoms with E-state index in [4.69, 9.17) is 9.26 Å². The number of carbonyl (C=O) groups excluding carboxylic acids is 1. The van der Waals surface area contributed by atoms with Crippen LogP contribution in [-0.2, 0) is 4.74 Å². The lowest BCUT2D eigenvalue weighted by Crippen LogP contribution is -2.10. The van der Waals surface area contributed by atoms with Gasteiger partial charge in [0.25, 0.3) is 5.89 Å². The molecule has 1 unspecified atom stereocenters. The third kappa shape index (κ3) is 3.91. The van der Waals surface area contributed by atoms with E-state index in [1.54, 1.807) is 32.0 Å². The minimum absolute atomic E-state index is 0.108. The van der Waals surface area contributed by atoms with Gasteiger partial charge in [-0.05, 0) is 31.5 Å². The van der Waals surface area contributed by atoms with Crippen LogP contribution in [0.25, 0.3) is 22.6 Å². The van der Waals surface area contributed by atoms with E-state index in [2.05, 4.69) is 20.3 Å². The quantitative estimate of drug-likeness (QED) is 0.503.